The molecule has 2 aliphatic rings. The Kier molecular flexibility index (Phi) is 7.57. The van der Waals surface area contributed by atoms with Crippen LogP contribution >= 0.6 is 0 Å². The molecule has 1 aliphatic carbocycles. The Balaban J connectivity index is 1.83. The number of hydrogen-bond donors (Lipinski definition) is 2. The summed E-state index contributed by atoms with van der Waals surface area (Å²) in [5.41, 5.74) is -0.759. The maximum Gasteiger partial charge on any atom is 0.256 e. The van der Waals surface area contributed by atoms with Gasteiger partial charge in [-0.25, -0.2) is 0 Å². The lowest BCUT2D eigenvalue weighted by atomic mass is 9.93. The van der Waals surface area contributed by atoms with Crippen LogP contribution in [0.4, 0.5) is 0 Å². The van der Waals surface area contributed by atoms with Crippen molar-refractivity contribution in [3.05, 3.63) is 33.7 Å². The number of carbonyl (C=O) groups excluding carboxylic acids is 2. The fourth-order valence-corrected chi connectivity index (χ4v) is 4.52. The summed E-state index contributed by atoms with van der Waals surface area (Å²) in [6.07, 6.45) is 10.9. The number of pyridine rings is 1. The Labute approximate surface area is 184 Å². The third-order valence-electron chi connectivity index (χ3n) is 6.35. The normalized spacial score (nSPS) is 22.0. The van der Waals surface area contributed by atoms with Crippen molar-refractivity contribution in [2.45, 2.75) is 103 Å². The fourth-order valence-electron chi connectivity index (χ4n) is 4.52. The zero-order chi connectivity index (χ0) is 22.6. The summed E-state index contributed by atoms with van der Waals surface area (Å²) < 4.78 is 7.49. The number of nitrogens with one attached hydrogen (secondary N) is 2. The van der Waals surface area contributed by atoms with Gasteiger partial charge in [-0.1, -0.05) is 25.7 Å². The quantitative estimate of drug-likeness (QED) is 0.698. The SMILES string of the molecule is CC(C)n1cc(C(=O)NC2CCCCCC2)c(=O)c(C(=O)NC2CCOC(C)(C)C2)c1. The number of hydrogen-bond acceptors (Lipinski definition) is 4. The number of amides is 2. The van der Waals surface area contributed by atoms with E-state index in [0.717, 1.165) is 25.7 Å². The lowest BCUT2D eigenvalue weighted by Crippen LogP contribution is -2.47. The molecule has 2 amide bonds. The van der Waals surface area contributed by atoms with E-state index in [9.17, 15) is 14.4 Å². The molecule has 31 heavy (non-hydrogen) atoms. The molecule has 2 N–H and O–H groups in total. The third-order valence-corrected chi connectivity index (χ3v) is 6.35. The van der Waals surface area contributed by atoms with Gasteiger partial charge in [0, 0.05) is 37.1 Å². The summed E-state index contributed by atoms with van der Waals surface area (Å²) in [7, 11) is 0. The summed E-state index contributed by atoms with van der Waals surface area (Å²) in [6.45, 7) is 8.48. The lowest BCUT2D eigenvalue weighted by molar-refractivity contribution is -0.0615. The Morgan fingerprint density at radius 3 is 2.03 bits per heavy atom. The van der Waals surface area contributed by atoms with E-state index in [1.54, 1.807) is 17.0 Å². The number of nitrogens with zero attached hydrogens (tertiary/aromatic N) is 1. The Morgan fingerprint density at radius 2 is 1.52 bits per heavy atom. The summed E-state index contributed by atoms with van der Waals surface area (Å²) >= 11 is 0. The summed E-state index contributed by atoms with van der Waals surface area (Å²) in [5, 5.41) is 6.03. The average molecular weight is 432 g/mol. The molecule has 7 nitrogen and oxygen atoms in total. The molecule has 1 aromatic rings. The van der Waals surface area contributed by atoms with Gasteiger partial charge in [-0.2, -0.15) is 0 Å². The van der Waals surface area contributed by atoms with Crippen molar-refractivity contribution in [2.75, 3.05) is 6.61 Å². The van der Waals surface area contributed by atoms with E-state index in [1.807, 2.05) is 27.7 Å². The number of rotatable bonds is 5. The van der Waals surface area contributed by atoms with Crippen molar-refractivity contribution in [3.8, 4) is 0 Å². The topological polar surface area (TPSA) is 89.4 Å². The van der Waals surface area contributed by atoms with Crippen molar-refractivity contribution in [3.63, 3.8) is 0 Å². The first-order valence-electron chi connectivity index (χ1n) is 11.7. The largest absolute Gasteiger partial charge is 0.375 e. The molecule has 2 fully saturated rings. The summed E-state index contributed by atoms with van der Waals surface area (Å²) in [5.74, 6) is -0.806. The first kappa shape index (κ1) is 23.5. The molecule has 0 aromatic carbocycles. The lowest BCUT2D eigenvalue weighted by Gasteiger charge is -2.35. The average Bonchev–Trinajstić information content (AvgIpc) is 2.95. The number of aromatic nitrogens is 1. The predicted octanol–water partition coefficient (Wildman–Crippen LogP) is 3.57. The Hall–Kier alpha value is -2.15. The molecule has 1 saturated heterocycles. The maximum absolute atomic E-state index is 13.1. The van der Waals surface area contributed by atoms with Crippen LogP contribution in [0.5, 0.6) is 0 Å². The van der Waals surface area contributed by atoms with Gasteiger partial charge < -0.3 is 19.9 Å². The minimum absolute atomic E-state index is 0.0126. The van der Waals surface area contributed by atoms with Crippen LogP contribution in [0.15, 0.2) is 17.2 Å². The molecule has 7 heteroatoms. The van der Waals surface area contributed by atoms with Crippen molar-refractivity contribution < 1.29 is 14.3 Å². The standard InChI is InChI=1S/C24H37N3O4/c1-16(2)27-14-19(22(29)25-17-9-7-5-6-8-10-17)21(28)20(15-27)23(30)26-18-11-12-31-24(3,4)13-18/h14-18H,5-13H2,1-4H3,(H,25,29)(H,26,30). The van der Waals surface area contributed by atoms with Gasteiger partial charge in [-0.15, -0.1) is 0 Å². The van der Waals surface area contributed by atoms with Gasteiger partial charge in [0.15, 0.2) is 0 Å². The van der Waals surface area contributed by atoms with Crippen molar-refractivity contribution in [2.24, 2.45) is 0 Å². The minimum Gasteiger partial charge on any atom is -0.375 e. The van der Waals surface area contributed by atoms with Crippen LogP contribution in [-0.4, -0.2) is 40.7 Å². The van der Waals surface area contributed by atoms with Gasteiger partial charge in [0.25, 0.3) is 11.8 Å². The van der Waals surface area contributed by atoms with E-state index in [-0.39, 0.29) is 40.8 Å². The molecule has 2 heterocycles. The van der Waals surface area contributed by atoms with Crippen molar-refractivity contribution in [1.82, 2.24) is 15.2 Å². The number of ether oxygens (including phenoxy) is 1. The van der Waals surface area contributed by atoms with Gasteiger partial charge in [0.1, 0.15) is 11.1 Å². The van der Waals surface area contributed by atoms with Crippen LogP contribution in [0.2, 0.25) is 0 Å². The molecule has 1 atom stereocenters. The highest BCUT2D eigenvalue weighted by Gasteiger charge is 2.31. The Bertz CT molecular complexity index is 851. The van der Waals surface area contributed by atoms with Crippen LogP contribution in [0.25, 0.3) is 0 Å². The third kappa shape index (κ3) is 6.19. The van der Waals surface area contributed by atoms with E-state index in [2.05, 4.69) is 10.6 Å². The smallest absolute Gasteiger partial charge is 0.256 e. The van der Waals surface area contributed by atoms with Crippen molar-refractivity contribution in [1.29, 1.82) is 0 Å². The maximum atomic E-state index is 13.1. The van der Waals surface area contributed by atoms with Crippen LogP contribution in [-0.2, 0) is 4.74 Å². The zero-order valence-electron chi connectivity index (χ0n) is 19.3. The molecule has 0 spiro atoms. The first-order valence-corrected chi connectivity index (χ1v) is 11.7. The highest BCUT2D eigenvalue weighted by atomic mass is 16.5. The molecule has 0 radical (unpaired) electrons. The summed E-state index contributed by atoms with van der Waals surface area (Å²) in [6, 6.07) is 0.0362. The van der Waals surface area contributed by atoms with Gasteiger partial charge in [-0.05, 0) is 53.4 Å². The summed E-state index contributed by atoms with van der Waals surface area (Å²) in [4.78, 5) is 39.2. The molecular weight excluding hydrogens is 394 g/mol. The molecule has 1 unspecified atom stereocenters. The first-order chi connectivity index (χ1) is 14.7. The predicted molar refractivity (Wildman–Crippen MR) is 121 cm³/mol. The fraction of sp³-hybridized carbons (Fsp3) is 0.708. The molecule has 1 aromatic heterocycles. The molecule has 172 valence electrons. The van der Waals surface area contributed by atoms with Crippen molar-refractivity contribution >= 4 is 11.8 Å². The van der Waals surface area contributed by atoms with Gasteiger partial charge in [0.2, 0.25) is 5.43 Å². The van der Waals surface area contributed by atoms with Gasteiger partial charge in [-0.3, -0.25) is 14.4 Å². The van der Waals surface area contributed by atoms with E-state index in [1.165, 1.54) is 12.8 Å². The minimum atomic E-state index is -0.508. The van der Waals surface area contributed by atoms with E-state index in [0.29, 0.717) is 19.4 Å². The Morgan fingerprint density at radius 1 is 0.968 bits per heavy atom. The zero-order valence-corrected chi connectivity index (χ0v) is 19.3. The highest BCUT2D eigenvalue weighted by molar-refractivity contribution is 5.99. The second-order valence-electron chi connectivity index (χ2n) is 9.89. The van der Waals surface area contributed by atoms with E-state index >= 15 is 0 Å². The van der Waals surface area contributed by atoms with Crippen LogP contribution in [0.3, 0.4) is 0 Å². The second-order valence-corrected chi connectivity index (χ2v) is 9.89. The van der Waals surface area contributed by atoms with Crippen LogP contribution in [0.1, 0.15) is 106 Å². The number of carbonyl (C=O) groups is 2. The van der Waals surface area contributed by atoms with Crippen LogP contribution < -0.4 is 16.1 Å². The monoisotopic (exact) mass is 431 g/mol. The van der Waals surface area contributed by atoms with Gasteiger partial charge >= 0.3 is 0 Å². The van der Waals surface area contributed by atoms with Gasteiger partial charge in [0.05, 0.1) is 5.60 Å². The van der Waals surface area contributed by atoms with Crippen LogP contribution in [0, 0.1) is 0 Å². The van der Waals surface area contributed by atoms with E-state index < -0.39 is 11.3 Å². The molecule has 1 saturated carbocycles. The van der Waals surface area contributed by atoms with E-state index in [4.69, 9.17) is 4.74 Å². The molecule has 3 rings (SSSR count). The second kappa shape index (κ2) is 9.98. The highest BCUT2D eigenvalue weighted by Crippen LogP contribution is 2.24. The molecular formula is C24H37N3O4. The molecule has 0 bridgehead atoms. The molecule has 1 aliphatic heterocycles.